The van der Waals surface area contributed by atoms with Crippen molar-refractivity contribution in [3.05, 3.63) is 34.5 Å². The molecule has 3 aliphatic rings. The first-order valence-corrected chi connectivity index (χ1v) is 11.4. The number of aromatic nitrogens is 2. The molecular weight excluding hydrogens is 416 g/mol. The minimum Gasteiger partial charge on any atom is -0.506 e. The Bertz CT molecular complexity index is 1040. The number of halogens is 1. The number of phenolic OH excluding ortho intramolecular Hbond substituents is 1. The Morgan fingerprint density at radius 1 is 1.26 bits per heavy atom. The molecule has 31 heavy (non-hydrogen) atoms. The number of benzene rings is 1. The number of hydrogen-bond acceptors (Lipinski definition) is 6. The molecule has 1 aromatic carbocycles. The number of anilines is 2. The SMILES string of the molecule is CCN1C(=O)c2c(nc(NC3CCCCC3)n2Cc2ccc(O)c(Cl)c2)N2CCN=C12. The number of guanidine groups is 1. The maximum Gasteiger partial charge on any atom is 0.281 e. The van der Waals surface area contributed by atoms with Crippen LogP contribution >= 0.6 is 11.6 Å². The van der Waals surface area contributed by atoms with Crippen LogP contribution in [0.4, 0.5) is 11.8 Å². The average molecular weight is 443 g/mol. The predicted molar refractivity (Wildman–Crippen MR) is 121 cm³/mol. The Morgan fingerprint density at radius 3 is 2.81 bits per heavy atom. The standard InChI is InChI=1S/C22H27ClN6O2/c1-2-27-20(31)18-19(28-11-10-24-22(27)28)26-21(25-15-6-4-3-5-7-15)29(18)13-14-8-9-17(30)16(23)12-14/h8-9,12,15,30H,2-7,10-11,13H2,1H3,(H,25,26). The van der Waals surface area contributed by atoms with Crippen LogP contribution < -0.4 is 10.2 Å². The van der Waals surface area contributed by atoms with Crippen molar-refractivity contribution in [1.29, 1.82) is 0 Å². The van der Waals surface area contributed by atoms with Gasteiger partial charge in [-0.1, -0.05) is 36.9 Å². The van der Waals surface area contributed by atoms with E-state index in [-0.39, 0.29) is 11.7 Å². The van der Waals surface area contributed by atoms with Gasteiger partial charge in [0.15, 0.2) is 11.5 Å². The lowest BCUT2D eigenvalue weighted by molar-refractivity contribution is 0.0836. The zero-order valence-electron chi connectivity index (χ0n) is 17.6. The van der Waals surface area contributed by atoms with Gasteiger partial charge in [-0.2, -0.15) is 4.98 Å². The van der Waals surface area contributed by atoms with Gasteiger partial charge in [-0.25, -0.2) is 0 Å². The van der Waals surface area contributed by atoms with Gasteiger partial charge in [-0.15, -0.1) is 0 Å². The number of carbonyl (C=O) groups is 1. The fraction of sp³-hybridized carbons (Fsp3) is 0.500. The summed E-state index contributed by atoms with van der Waals surface area (Å²) in [7, 11) is 0. The van der Waals surface area contributed by atoms with Crippen LogP contribution in [0.15, 0.2) is 23.2 Å². The lowest BCUT2D eigenvalue weighted by atomic mass is 9.96. The summed E-state index contributed by atoms with van der Waals surface area (Å²) in [5.74, 6) is 2.04. The number of carbonyl (C=O) groups excluding carboxylic acids is 1. The van der Waals surface area contributed by atoms with Gasteiger partial charge >= 0.3 is 0 Å². The van der Waals surface area contributed by atoms with Gasteiger partial charge in [-0.3, -0.25) is 24.2 Å². The molecule has 3 heterocycles. The topological polar surface area (TPSA) is 86.0 Å². The van der Waals surface area contributed by atoms with Crippen LogP contribution in [0.1, 0.15) is 55.1 Å². The van der Waals surface area contributed by atoms with Crippen LogP contribution in [0.3, 0.4) is 0 Å². The van der Waals surface area contributed by atoms with E-state index in [4.69, 9.17) is 16.6 Å². The van der Waals surface area contributed by atoms with Gasteiger partial charge in [-0.05, 0) is 37.5 Å². The predicted octanol–water partition coefficient (Wildman–Crippen LogP) is 3.69. The van der Waals surface area contributed by atoms with Crippen molar-refractivity contribution >= 4 is 35.2 Å². The number of aliphatic imine (C=N–C) groups is 1. The van der Waals surface area contributed by atoms with Crippen LogP contribution in [0.5, 0.6) is 5.75 Å². The third-order valence-electron chi connectivity index (χ3n) is 6.32. The third kappa shape index (κ3) is 3.52. The summed E-state index contributed by atoms with van der Waals surface area (Å²) in [5, 5.41) is 13.7. The number of phenols is 1. The van der Waals surface area contributed by atoms with Gasteiger partial charge in [0.25, 0.3) is 5.91 Å². The van der Waals surface area contributed by atoms with E-state index in [1.54, 1.807) is 17.0 Å². The minimum atomic E-state index is -0.0801. The highest BCUT2D eigenvalue weighted by atomic mass is 35.5. The molecule has 2 aromatic rings. The molecular formula is C22H27ClN6O2. The van der Waals surface area contributed by atoms with Crippen molar-refractivity contribution in [2.75, 3.05) is 29.9 Å². The fourth-order valence-corrected chi connectivity index (χ4v) is 4.94. The van der Waals surface area contributed by atoms with E-state index in [9.17, 15) is 9.90 Å². The fourth-order valence-electron chi connectivity index (χ4n) is 4.74. The van der Waals surface area contributed by atoms with Crippen LogP contribution in [0.2, 0.25) is 5.02 Å². The first kappa shape index (κ1) is 20.2. The Kier molecular flexibility index (Phi) is 5.25. The second-order valence-corrected chi connectivity index (χ2v) is 8.75. The number of nitrogens with one attached hydrogen (secondary N) is 1. The molecule has 2 N–H and O–H groups in total. The highest BCUT2D eigenvalue weighted by Crippen LogP contribution is 2.35. The lowest BCUT2D eigenvalue weighted by Gasteiger charge is -2.32. The van der Waals surface area contributed by atoms with E-state index in [1.165, 1.54) is 19.3 Å². The molecule has 8 nitrogen and oxygen atoms in total. The molecule has 1 fully saturated rings. The molecule has 0 saturated heterocycles. The Hall–Kier alpha value is -2.74. The van der Waals surface area contributed by atoms with E-state index in [0.717, 1.165) is 24.9 Å². The summed E-state index contributed by atoms with van der Waals surface area (Å²) in [6.45, 7) is 4.32. The second kappa shape index (κ2) is 8.07. The van der Waals surface area contributed by atoms with Gasteiger partial charge in [0.05, 0.1) is 18.1 Å². The van der Waals surface area contributed by atoms with E-state index in [1.807, 2.05) is 22.5 Å². The molecule has 1 saturated carbocycles. The number of imidazole rings is 1. The van der Waals surface area contributed by atoms with E-state index in [2.05, 4.69) is 10.3 Å². The van der Waals surface area contributed by atoms with Crippen LogP contribution in [-0.4, -0.2) is 57.1 Å². The third-order valence-corrected chi connectivity index (χ3v) is 6.62. The maximum atomic E-state index is 13.5. The van der Waals surface area contributed by atoms with E-state index >= 15 is 0 Å². The van der Waals surface area contributed by atoms with Crippen LogP contribution in [0, 0.1) is 0 Å². The van der Waals surface area contributed by atoms with E-state index in [0.29, 0.717) is 54.1 Å². The van der Waals surface area contributed by atoms with Crippen molar-refractivity contribution in [3.63, 3.8) is 0 Å². The smallest absolute Gasteiger partial charge is 0.281 e. The molecule has 0 bridgehead atoms. The van der Waals surface area contributed by atoms with Crippen molar-refractivity contribution in [2.45, 2.75) is 51.6 Å². The summed E-state index contributed by atoms with van der Waals surface area (Å²) in [6, 6.07) is 5.50. The Balaban J connectivity index is 1.59. The first-order chi connectivity index (χ1) is 15.1. The van der Waals surface area contributed by atoms with Gasteiger partial charge in [0.2, 0.25) is 11.9 Å². The van der Waals surface area contributed by atoms with Crippen molar-refractivity contribution in [2.24, 2.45) is 4.99 Å². The van der Waals surface area contributed by atoms with Crippen LogP contribution in [0.25, 0.3) is 0 Å². The molecule has 9 heteroatoms. The molecule has 0 atom stereocenters. The molecule has 2 aliphatic heterocycles. The summed E-state index contributed by atoms with van der Waals surface area (Å²) in [5.41, 5.74) is 1.47. The number of aromatic hydroxyl groups is 1. The average Bonchev–Trinajstić information content (AvgIpc) is 3.38. The number of hydrogen-bond donors (Lipinski definition) is 2. The molecule has 0 spiro atoms. The zero-order valence-corrected chi connectivity index (χ0v) is 18.4. The monoisotopic (exact) mass is 442 g/mol. The van der Waals surface area contributed by atoms with Crippen molar-refractivity contribution < 1.29 is 9.90 Å². The Morgan fingerprint density at radius 2 is 2.06 bits per heavy atom. The quantitative estimate of drug-likeness (QED) is 0.737. The number of fused-ring (bicyclic) bond motifs is 3. The molecule has 1 aromatic heterocycles. The highest BCUT2D eigenvalue weighted by Gasteiger charge is 2.41. The molecule has 164 valence electrons. The summed E-state index contributed by atoms with van der Waals surface area (Å²) in [6.07, 6.45) is 5.89. The summed E-state index contributed by atoms with van der Waals surface area (Å²) < 4.78 is 1.97. The normalized spacial score (nSPS) is 18.8. The lowest BCUT2D eigenvalue weighted by Crippen LogP contribution is -2.50. The molecule has 1 aliphatic carbocycles. The minimum absolute atomic E-state index is 0.0461. The first-order valence-electron chi connectivity index (χ1n) is 11.0. The summed E-state index contributed by atoms with van der Waals surface area (Å²) >= 11 is 6.15. The summed E-state index contributed by atoms with van der Waals surface area (Å²) in [4.78, 5) is 26.7. The Labute approximate surface area is 186 Å². The van der Waals surface area contributed by atoms with Crippen LogP contribution in [-0.2, 0) is 6.54 Å². The van der Waals surface area contributed by atoms with Crippen molar-refractivity contribution in [3.8, 4) is 5.75 Å². The molecule has 5 rings (SSSR count). The zero-order chi connectivity index (χ0) is 21.5. The highest BCUT2D eigenvalue weighted by molar-refractivity contribution is 6.32. The largest absolute Gasteiger partial charge is 0.506 e. The van der Waals surface area contributed by atoms with E-state index < -0.39 is 0 Å². The maximum absolute atomic E-state index is 13.5. The molecule has 1 amide bonds. The number of amides is 1. The number of nitrogens with zero attached hydrogens (tertiary/aromatic N) is 5. The molecule has 0 radical (unpaired) electrons. The van der Waals surface area contributed by atoms with Gasteiger partial charge < -0.3 is 10.4 Å². The second-order valence-electron chi connectivity index (χ2n) is 8.34. The van der Waals surface area contributed by atoms with Gasteiger partial charge in [0.1, 0.15) is 5.75 Å². The molecule has 0 unspecified atom stereocenters. The van der Waals surface area contributed by atoms with Crippen molar-refractivity contribution in [1.82, 2.24) is 14.5 Å². The van der Waals surface area contributed by atoms with Gasteiger partial charge in [0, 0.05) is 19.1 Å². The number of rotatable bonds is 5.